The van der Waals surface area contributed by atoms with Gasteiger partial charge in [0.25, 0.3) is 0 Å². The largest absolute Gasteiger partial charge is 0.245 e. The number of hydrogen-bond acceptors (Lipinski definition) is 0. The van der Waals surface area contributed by atoms with E-state index < -0.39 is 0 Å². The minimum atomic E-state index is 0. The average molecular weight is 303 g/mol. The molecule has 0 amide bonds. The van der Waals surface area contributed by atoms with Gasteiger partial charge in [-0.3, -0.25) is 0 Å². The molecule has 0 aliphatic carbocycles. The van der Waals surface area contributed by atoms with Crippen LogP contribution in [0.1, 0.15) is 0 Å². The second-order valence-corrected chi connectivity index (χ2v) is 0.289. The van der Waals surface area contributed by atoms with Gasteiger partial charge >= 0.3 is 0 Å². The molecule has 0 nitrogen and oxygen atoms in total. The molecule has 0 aromatic rings. The van der Waals surface area contributed by atoms with Crippen molar-refractivity contribution in [2.75, 3.05) is 0 Å². The van der Waals surface area contributed by atoms with Crippen LogP contribution in [-0.4, -0.2) is 0 Å². The van der Waals surface area contributed by atoms with Crippen molar-refractivity contribution < 1.29 is 0 Å². The van der Waals surface area contributed by atoms with E-state index >= 15 is 0 Å². The summed E-state index contributed by atoms with van der Waals surface area (Å²) < 4.78 is 0. The van der Waals surface area contributed by atoms with Gasteiger partial charge in [-0.25, -0.2) is 19.6 Å². The van der Waals surface area contributed by atoms with Crippen molar-refractivity contribution in [3.63, 3.8) is 0 Å². The summed E-state index contributed by atoms with van der Waals surface area (Å²) in [5, 5.41) is 0. The number of allylic oxidation sites excluding steroid dienone is 1. The van der Waals surface area contributed by atoms with E-state index in [1.165, 1.54) is 6.08 Å². The van der Waals surface area contributed by atoms with Crippen molar-refractivity contribution in [2.24, 2.45) is 0 Å². The van der Waals surface area contributed by atoms with Crippen LogP contribution in [0.2, 0.25) is 0 Å². The van der Waals surface area contributed by atoms with Crippen molar-refractivity contribution in [3.05, 3.63) is 19.6 Å². The molecule has 0 aliphatic heterocycles. The van der Waals surface area contributed by atoms with Crippen molar-refractivity contribution in [2.45, 2.75) is 0 Å². The molecule has 0 aromatic heterocycles. The first-order valence-electron chi connectivity index (χ1n) is 0.816. The van der Waals surface area contributed by atoms with Gasteiger partial charge < -0.3 is 0 Å². The quantitative estimate of drug-likeness (QED) is 0.586. The molecule has 33 valence electrons. The summed E-state index contributed by atoms with van der Waals surface area (Å²) in [5.41, 5.74) is 0. The molecule has 0 N–H and O–H groups in total. The molecule has 0 unspecified atom stereocenters. The summed E-state index contributed by atoms with van der Waals surface area (Å²) in [6.07, 6.45) is 1.50. The zero-order valence-corrected chi connectivity index (χ0v) is 4.40. The van der Waals surface area contributed by atoms with Crippen molar-refractivity contribution in [1.29, 1.82) is 0 Å². The minimum absolute atomic E-state index is 0. The predicted octanol–water partition coefficient (Wildman–Crippen LogP) is 1.01. The third kappa shape index (κ3) is 0.0480. The van der Waals surface area contributed by atoms with Gasteiger partial charge in [0.1, 0.15) is 0 Å². The monoisotopic (exact) mass is 303 g/mol. The molecule has 0 atom stereocenters. The smallest absolute Gasteiger partial charge is 0 e. The van der Waals surface area contributed by atoms with E-state index in [0.29, 0.717) is 0 Å². The normalized spacial score (nSPS) is 3.00. The summed E-state index contributed by atoms with van der Waals surface area (Å²) >= 11 is 0. The van der Waals surface area contributed by atoms with Gasteiger partial charge in [-0.15, -0.1) is 0 Å². The molecule has 0 spiro atoms. The fraction of sp³-hybridized carbons (Fsp3) is 0. The van der Waals surface area contributed by atoms with Gasteiger partial charge in [-0.05, 0) is 0 Å². The molecule has 0 rings (SSSR count). The summed E-state index contributed by atoms with van der Waals surface area (Å²) in [6, 6.07) is 0. The summed E-state index contributed by atoms with van der Waals surface area (Å²) in [5.74, 6) is 0. The van der Waals surface area contributed by atoms with Crippen LogP contribution in [0.4, 0.5) is 0 Å². The molecule has 1 radical (unpaired) electrons. The number of rotatable bonds is 0. The van der Waals surface area contributed by atoms with Gasteiger partial charge in [0.15, 0.2) is 0 Å². The van der Waals surface area contributed by atoms with Crippen molar-refractivity contribution >= 4 is 0 Å². The maximum atomic E-state index is 3.25. The van der Waals surface area contributed by atoms with Crippen LogP contribution in [0, 0.1) is 6.92 Å². The Morgan fingerprint density at radius 2 is 1.75 bits per heavy atom. The number of hydrogen-bond donors (Lipinski definition) is 0. The van der Waals surface area contributed by atoms with E-state index in [1.54, 1.807) is 0 Å². The zero-order valence-electron chi connectivity index (χ0n) is 2.25. The van der Waals surface area contributed by atoms with Crippen LogP contribution >= 0.6 is 0 Å². The molecule has 4 heavy (non-hydrogen) atoms. The van der Waals surface area contributed by atoms with E-state index in [2.05, 4.69) is 13.5 Å². The SMILES string of the molecule is C=C[CH2-].[Lr]. The summed E-state index contributed by atoms with van der Waals surface area (Å²) in [6.45, 7) is 6.50. The third-order valence-corrected chi connectivity index (χ3v) is 0. The third-order valence-electron chi connectivity index (χ3n) is 0. The van der Waals surface area contributed by atoms with Crippen LogP contribution in [0.5, 0.6) is 0 Å². The van der Waals surface area contributed by atoms with E-state index in [4.69, 9.17) is 0 Å². The molecule has 0 aliphatic rings. The second kappa shape index (κ2) is 3.94. The van der Waals surface area contributed by atoms with E-state index in [0.717, 1.165) is 0 Å². The molecule has 0 aromatic carbocycles. The van der Waals surface area contributed by atoms with Gasteiger partial charge in [0.2, 0.25) is 0 Å². The topological polar surface area (TPSA) is 0 Å². The van der Waals surface area contributed by atoms with Crippen LogP contribution in [-0.2, 0) is 0 Å². The average Bonchev–Trinajstić information content (AvgIpc) is 0.918. The Morgan fingerprint density at radius 3 is 1.75 bits per heavy atom. The van der Waals surface area contributed by atoms with Crippen LogP contribution in [0.3, 0.4) is 0 Å². The fourth-order valence-corrected chi connectivity index (χ4v) is 0. The van der Waals surface area contributed by atoms with E-state index in [1.807, 2.05) is 0 Å². The zero-order chi connectivity index (χ0) is 2.71. The Balaban J connectivity index is 0. The fourth-order valence-electron chi connectivity index (χ4n) is 0. The van der Waals surface area contributed by atoms with Gasteiger partial charge in [0, 0.05) is 0 Å². The van der Waals surface area contributed by atoms with Crippen molar-refractivity contribution in [1.82, 2.24) is 0 Å². The van der Waals surface area contributed by atoms with Crippen LogP contribution in [0.15, 0.2) is 12.7 Å². The molecule has 0 saturated heterocycles. The maximum Gasteiger partial charge on any atom is 0 e. The Kier molecular flexibility index (Phi) is 17.9. The predicted molar refractivity (Wildman–Crippen MR) is 15.6 cm³/mol. The molecule has 0 fully saturated rings. The van der Waals surface area contributed by atoms with Gasteiger partial charge in [-0.2, -0.15) is 0 Å². The van der Waals surface area contributed by atoms with Gasteiger partial charge in [-0.1, -0.05) is 0 Å². The van der Waals surface area contributed by atoms with E-state index in [-0.39, 0.29) is 0 Å². The Bertz CT molecular complexity index is 10.8. The van der Waals surface area contributed by atoms with E-state index in [9.17, 15) is 0 Å². The molecule has 0 heterocycles. The second-order valence-electron chi connectivity index (χ2n) is 0.289. The molecule has 1 heteroatoms. The first-order valence-corrected chi connectivity index (χ1v) is 0.816. The maximum absolute atomic E-state index is 3.25. The Labute approximate surface area is 20.8 Å². The molecular weight excluding hydrogens is 298 g/mol. The van der Waals surface area contributed by atoms with Gasteiger partial charge in [0.05, 0.1) is 0 Å². The summed E-state index contributed by atoms with van der Waals surface area (Å²) in [4.78, 5) is 0. The summed E-state index contributed by atoms with van der Waals surface area (Å²) in [7, 11) is 0. The molecule has 0 bridgehead atoms. The molecule has 0 saturated carbocycles. The van der Waals surface area contributed by atoms with Crippen molar-refractivity contribution in [3.8, 4) is 0 Å². The standard InChI is InChI=1S/C3H5.Lr/c1-3-2;/h3H,1-2H2;/q-1;. The van der Waals surface area contributed by atoms with Crippen LogP contribution < -0.4 is 0 Å². The first kappa shape index (κ1) is 18.2. The Hall–Kier alpha value is -1.39. The molecular formula is C3H5Lr-. The minimum Gasteiger partial charge on any atom is -0.245 e. The Morgan fingerprint density at radius 1 is 1.75 bits per heavy atom. The van der Waals surface area contributed by atoms with Crippen LogP contribution in [0.25, 0.3) is 0 Å². The first-order chi connectivity index (χ1) is 1.41.